The highest BCUT2D eigenvalue weighted by atomic mass is 15.1. The van der Waals surface area contributed by atoms with Gasteiger partial charge in [-0.3, -0.25) is 0 Å². The van der Waals surface area contributed by atoms with Gasteiger partial charge in [0, 0.05) is 39.3 Å². The summed E-state index contributed by atoms with van der Waals surface area (Å²) in [6, 6.07) is 85.5. The summed E-state index contributed by atoms with van der Waals surface area (Å²) in [4.78, 5) is 4.92. The normalized spacial score (nSPS) is 12.3. The summed E-state index contributed by atoms with van der Waals surface area (Å²) < 4.78 is 0. The minimum atomic E-state index is -0.112. The fourth-order valence-corrected chi connectivity index (χ4v) is 11.8. The maximum atomic E-state index is 2.61. The number of hydrogen-bond donors (Lipinski definition) is 0. The smallest absolute Gasteiger partial charge is 0.0540 e. The topological polar surface area (TPSA) is 6.48 Å². The van der Waals surface area contributed by atoms with Crippen LogP contribution in [-0.4, -0.2) is 0 Å². The summed E-state index contributed by atoms with van der Waals surface area (Å²) in [5.74, 6) is 0. The third-order valence-corrected chi connectivity index (χ3v) is 15.5. The quantitative estimate of drug-likeness (QED) is 0.0590. The molecule has 73 heavy (non-hydrogen) atoms. The number of rotatable bonds is 23. The molecule has 0 unspecified atom stereocenters. The Morgan fingerprint density at radius 3 is 1.15 bits per heavy atom. The second-order valence-corrected chi connectivity index (χ2v) is 20.3. The van der Waals surface area contributed by atoms with Crippen LogP contribution in [0.1, 0.15) is 115 Å². The minimum Gasteiger partial charge on any atom is -0.310 e. The Bertz CT molecular complexity index is 3120. The molecule has 10 rings (SSSR count). The molecule has 0 radical (unpaired) electrons. The lowest BCUT2D eigenvalue weighted by molar-refractivity contribution is 0.398. The van der Waals surface area contributed by atoms with Crippen molar-refractivity contribution in [1.82, 2.24) is 0 Å². The van der Waals surface area contributed by atoms with E-state index in [9.17, 15) is 0 Å². The molecule has 9 aromatic carbocycles. The van der Waals surface area contributed by atoms with Crippen molar-refractivity contribution in [3.8, 4) is 44.5 Å². The van der Waals surface area contributed by atoms with Crippen LogP contribution in [0.3, 0.4) is 0 Å². The standard InChI is InChI=1S/C71H72N2/c1-3-5-7-9-11-29-51-71(52-30-12-10-8-6-4-2)67-53-58(55-43-46-61(47-44-55)72(59-35-21-15-22-36-59)69-41-27-25-39-63(69)56-31-17-13-18-32-56)45-49-65(67)66-50-48-62(54-68(66)71)73(60-37-23-16-24-38-60)70-42-28-26-40-64(70)57-33-19-14-20-34-57/h13-28,31-50,53-54H,3-12,29-30,51-52H2,1-2H3. The molecule has 1 aliphatic rings. The Kier molecular flexibility index (Phi) is 16.1. The summed E-state index contributed by atoms with van der Waals surface area (Å²) >= 11 is 0. The van der Waals surface area contributed by atoms with E-state index in [1.165, 1.54) is 150 Å². The number of fused-ring (bicyclic) bond motifs is 3. The van der Waals surface area contributed by atoms with E-state index in [0.29, 0.717) is 0 Å². The van der Waals surface area contributed by atoms with Gasteiger partial charge in [-0.2, -0.15) is 0 Å². The molecule has 0 amide bonds. The second kappa shape index (κ2) is 23.9. The van der Waals surface area contributed by atoms with E-state index in [-0.39, 0.29) is 5.41 Å². The number of nitrogens with zero attached hydrogens (tertiary/aromatic N) is 2. The van der Waals surface area contributed by atoms with Crippen LogP contribution in [0.15, 0.2) is 231 Å². The Morgan fingerprint density at radius 2 is 0.644 bits per heavy atom. The predicted molar refractivity (Wildman–Crippen MR) is 314 cm³/mol. The highest BCUT2D eigenvalue weighted by molar-refractivity contribution is 5.92. The molecule has 0 N–H and O–H groups in total. The zero-order chi connectivity index (χ0) is 49.7. The molecule has 9 aromatic rings. The molecular weight excluding hydrogens is 881 g/mol. The van der Waals surface area contributed by atoms with Gasteiger partial charge in [-0.25, -0.2) is 0 Å². The van der Waals surface area contributed by atoms with Gasteiger partial charge in [0.25, 0.3) is 0 Å². The van der Waals surface area contributed by atoms with Crippen LogP contribution < -0.4 is 9.80 Å². The van der Waals surface area contributed by atoms with Crippen LogP contribution in [0.4, 0.5) is 34.1 Å². The lowest BCUT2D eigenvalue weighted by Gasteiger charge is -2.34. The van der Waals surface area contributed by atoms with Gasteiger partial charge >= 0.3 is 0 Å². The van der Waals surface area contributed by atoms with Gasteiger partial charge in [-0.15, -0.1) is 0 Å². The fourth-order valence-electron chi connectivity index (χ4n) is 11.8. The van der Waals surface area contributed by atoms with Gasteiger partial charge in [0.2, 0.25) is 0 Å². The van der Waals surface area contributed by atoms with Crippen molar-refractivity contribution in [3.05, 3.63) is 242 Å². The van der Waals surface area contributed by atoms with E-state index in [1.54, 1.807) is 0 Å². The van der Waals surface area contributed by atoms with Gasteiger partial charge in [0.05, 0.1) is 11.4 Å². The Labute approximate surface area is 437 Å². The van der Waals surface area contributed by atoms with Crippen LogP contribution in [0, 0.1) is 0 Å². The Morgan fingerprint density at radius 1 is 0.274 bits per heavy atom. The molecule has 0 bridgehead atoms. The lowest BCUT2D eigenvalue weighted by atomic mass is 9.70. The first-order valence-corrected chi connectivity index (χ1v) is 27.6. The molecule has 1 aliphatic carbocycles. The minimum absolute atomic E-state index is 0.112. The van der Waals surface area contributed by atoms with Gasteiger partial charge in [-0.1, -0.05) is 255 Å². The largest absolute Gasteiger partial charge is 0.310 e. The number of para-hydroxylation sites is 4. The molecule has 0 spiro atoms. The summed E-state index contributed by atoms with van der Waals surface area (Å²) in [5.41, 5.74) is 20.1. The molecule has 0 saturated carbocycles. The van der Waals surface area contributed by atoms with Crippen LogP contribution >= 0.6 is 0 Å². The summed E-state index contributed by atoms with van der Waals surface area (Å²) in [6.45, 7) is 4.65. The zero-order valence-electron chi connectivity index (χ0n) is 43.2. The van der Waals surface area contributed by atoms with Crippen molar-refractivity contribution in [3.63, 3.8) is 0 Å². The third kappa shape index (κ3) is 10.9. The van der Waals surface area contributed by atoms with E-state index in [4.69, 9.17) is 0 Å². The highest BCUT2D eigenvalue weighted by Crippen LogP contribution is 2.57. The van der Waals surface area contributed by atoms with Crippen molar-refractivity contribution < 1.29 is 0 Å². The van der Waals surface area contributed by atoms with E-state index >= 15 is 0 Å². The number of hydrogen-bond acceptors (Lipinski definition) is 2. The predicted octanol–water partition coefficient (Wildman–Crippen LogP) is 21.4. The third-order valence-electron chi connectivity index (χ3n) is 15.5. The second-order valence-electron chi connectivity index (χ2n) is 20.3. The van der Waals surface area contributed by atoms with Crippen molar-refractivity contribution >= 4 is 34.1 Å². The van der Waals surface area contributed by atoms with Gasteiger partial charge in [-0.05, 0) is 124 Å². The van der Waals surface area contributed by atoms with Gasteiger partial charge < -0.3 is 9.80 Å². The van der Waals surface area contributed by atoms with E-state index in [2.05, 4.69) is 254 Å². The highest BCUT2D eigenvalue weighted by Gasteiger charge is 2.43. The molecule has 2 heteroatoms. The Hall–Kier alpha value is -7.42. The van der Waals surface area contributed by atoms with Crippen molar-refractivity contribution in [2.45, 2.75) is 109 Å². The molecule has 0 saturated heterocycles. The molecule has 0 aromatic heterocycles. The lowest BCUT2D eigenvalue weighted by Crippen LogP contribution is -2.26. The average Bonchev–Trinajstić information content (AvgIpc) is 3.72. The molecule has 366 valence electrons. The maximum Gasteiger partial charge on any atom is 0.0540 e. The van der Waals surface area contributed by atoms with E-state index < -0.39 is 0 Å². The molecule has 0 fully saturated rings. The molecule has 0 atom stereocenters. The SMILES string of the molecule is CCCCCCCCC1(CCCCCCCC)c2cc(-c3ccc(N(c4ccccc4)c4ccccc4-c4ccccc4)cc3)ccc2-c2ccc(N(c3ccccc3)c3ccccc3-c3ccccc3)cc21. The molecule has 0 heterocycles. The average molecular weight is 953 g/mol. The van der Waals surface area contributed by atoms with Crippen molar-refractivity contribution in [2.75, 3.05) is 9.80 Å². The van der Waals surface area contributed by atoms with Crippen LogP contribution in [0.2, 0.25) is 0 Å². The molecule has 2 nitrogen and oxygen atoms in total. The first-order valence-electron chi connectivity index (χ1n) is 27.6. The number of anilines is 6. The first-order chi connectivity index (χ1) is 36.2. The molecular formula is C71H72N2. The number of unbranched alkanes of at least 4 members (excludes halogenated alkanes) is 10. The van der Waals surface area contributed by atoms with Crippen LogP contribution in [0.5, 0.6) is 0 Å². The van der Waals surface area contributed by atoms with Crippen LogP contribution in [0.25, 0.3) is 44.5 Å². The summed E-state index contributed by atoms with van der Waals surface area (Å²) in [5, 5.41) is 0. The van der Waals surface area contributed by atoms with Crippen molar-refractivity contribution in [1.29, 1.82) is 0 Å². The number of benzene rings is 9. The zero-order valence-corrected chi connectivity index (χ0v) is 43.2. The molecule has 0 aliphatic heterocycles. The van der Waals surface area contributed by atoms with E-state index in [0.717, 1.165) is 29.9 Å². The maximum absolute atomic E-state index is 2.61. The Balaban J connectivity index is 1.08. The fraction of sp³-hybridized carbons (Fsp3) is 0.239. The van der Waals surface area contributed by atoms with Gasteiger partial charge in [0.1, 0.15) is 0 Å². The van der Waals surface area contributed by atoms with Gasteiger partial charge in [0.15, 0.2) is 0 Å². The first kappa shape index (κ1) is 49.2. The monoisotopic (exact) mass is 953 g/mol. The van der Waals surface area contributed by atoms with Crippen molar-refractivity contribution in [2.24, 2.45) is 0 Å². The van der Waals surface area contributed by atoms with Crippen LogP contribution in [-0.2, 0) is 5.41 Å². The van der Waals surface area contributed by atoms with E-state index in [1.807, 2.05) is 0 Å². The summed E-state index contributed by atoms with van der Waals surface area (Å²) in [6.07, 6.45) is 17.7. The summed E-state index contributed by atoms with van der Waals surface area (Å²) in [7, 11) is 0.